The molecule has 0 aliphatic carbocycles. The molecule has 2 aromatic carbocycles. The molecule has 1 aromatic heterocycles. The second-order valence-corrected chi connectivity index (χ2v) is 10.5. The van der Waals surface area contributed by atoms with Gasteiger partial charge in [-0.15, -0.1) is 0 Å². The van der Waals surface area contributed by atoms with Crippen molar-refractivity contribution in [2.75, 3.05) is 6.54 Å². The van der Waals surface area contributed by atoms with Crippen LogP contribution in [0.1, 0.15) is 28.8 Å². The minimum atomic E-state index is -4.59. The zero-order valence-electron chi connectivity index (χ0n) is 18.9. The summed E-state index contributed by atoms with van der Waals surface area (Å²) < 4.78 is 27.2. The third-order valence-electron chi connectivity index (χ3n) is 6.13. The number of nitrogens with zero attached hydrogens (tertiary/aromatic N) is 2. The molecule has 190 valence electrons. The van der Waals surface area contributed by atoms with Gasteiger partial charge in [0.25, 0.3) is 5.91 Å². The van der Waals surface area contributed by atoms with Crippen LogP contribution in [-0.4, -0.2) is 49.6 Å². The van der Waals surface area contributed by atoms with Gasteiger partial charge in [-0.05, 0) is 31.0 Å². The van der Waals surface area contributed by atoms with Crippen molar-refractivity contribution in [1.82, 2.24) is 14.8 Å². The first-order chi connectivity index (χ1) is 17.0. The van der Waals surface area contributed by atoms with E-state index in [9.17, 15) is 33.1 Å². The number of nitrogens with one attached hydrogen (secondary N) is 1. The minimum absolute atomic E-state index is 0.0596. The van der Waals surface area contributed by atoms with Crippen molar-refractivity contribution in [2.24, 2.45) is 5.73 Å². The molecule has 0 unspecified atom stereocenters. The zero-order valence-corrected chi connectivity index (χ0v) is 20.5. The summed E-state index contributed by atoms with van der Waals surface area (Å²) in [6.07, 6.45) is 2.34. The number of likely N-dealkylation sites (tertiary alicyclic amines) is 1. The molecule has 4 rings (SSSR count). The molecule has 10 nitrogen and oxygen atoms in total. The third kappa shape index (κ3) is 5.15. The SMILES string of the molecule is NC(=O)c1cn(CC(=O)N2CCC[C@H]2C(=O)NCc2cccc(Cl)c2F)c2cc(P(=O)(O)O)ccc12. The molecule has 36 heavy (non-hydrogen) atoms. The van der Waals surface area contributed by atoms with E-state index in [1.54, 1.807) is 6.07 Å². The summed E-state index contributed by atoms with van der Waals surface area (Å²) in [5.41, 5.74) is 5.99. The number of halogens is 2. The molecule has 2 heterocycles. The van der Waals surface area contributed by atoms with Crippen LogP contribution in [0.25, 0.3) is 10.9 Å². The Morgan fingerprint density at radius 3 is 2.67 bits per heavy atom. The topological polar surface area (TPSA) is 155 Å². The highest BCUT2D eigenvalue weighted by atomic mass is 35.5. The number of benzene rings is 2. The highest BCUT2D eigenvalue weighted by Gasteiger charge is 2.34. The molecule has 0 bridgehead atoms. The minimum Gasteiger partial charge on any atom is -0.366 e. The normalized spacial score (nSPS) is 15.9. The molecule has 5 N–H and O–H groups in total. The maximum atomic E-state index is 14.1. The lowest BCUT2D eigenvalue weighted by Gasteiger charge is -2.24. The first-order valence-corrected chi connectivity index (χ1v) is 12.9. The number of nitrogens with two attached hydrogens (primary N) is 1. The average molecular weight is 537 g/mol. The fourth-order valence-corrected chi connectivity index (χ4v) is 5.10. The maximum absolute atomic E-state index is 14.1. The number of carbonyl (C=O) groups is 3. The predicted octanol–water partition coefficient (Wildman–Crippen LogP) is 1.64. The lowest BCUT2D eigenvalue weighted by molar-refractivity contribution is -0.138. The van der Waals surface area contributed by atoms with E-state index < -0.39 is 37.2 Å². The monoisotopic (exact) mass is 536 g/mol. The highest BCUT2D eigenvalue weighted by Crippen LogP contribution is 2.35. The van der Waals surface area contributed by atoms with Gasteiger partial charge in [-0.2, -0.15) is 0 Å². The van der Waals surface area contributed by atoms with Gasteiger partial charge in [-0.25, -0.2) is 4.39 Å². The standard InChI is InChI=1S/C23H23ClFN4O6P/c24-17-4-1-3-13(21(17)25)10-27-23(32)18-5-2-8-29(18)20(30)12-28-11-16(22(26)31)15-7-6-14(9-19(15)28)36(33,34)35/h1,3-4,6-7,9,11,18H,2,5,8,10,12H2,(H2,26,31)(H,27,32)(H2,33,34,35)/t18-/m0/s1. The molecular formula is C23H23ClFN4O6P. The molecule has 0 spiro atoms. The Labute approximate surface area is 210 Å². The van der Waals surface area contributed by atoms with Gasteiger partial charge < -0.3 is 30.3 Å². The Morgan fingerprint density at radius 2 is 1.97 bits per heavy atom. The summed E-state index contributed by atoms with van der Waals surface area (Å²) in [6.45, 7) is -0.0712. The lowest BCUT2D eigenvalue weighted by atomic mass is 10.1. The van der Waals surface area contributed by atoms with Crippen LogP contribution in [0.3, 0.4) is 0 Å². The molecule has 1 saturated heterocycles. The summed E-state index contributed by atoms with van der Waals surface area (Å²) >= 11 is 5.78. The molecular weight excluding hydrogens is 514 g/mol. The molecule has 1 fully saturated rings. The van der Waals surface area contributed by atoms with E-state index in [1.807, 2.05) is 0 Å². The van der Waals surface area contributed by atoms with Crippen molar-refractivity contribution in [2.45, 2.75) is 32.0 Å². The van der Waals surface area contributed by atoms with Crippen LogP contribution in [0.2, 0.25) is 5.02 Å². The summed E-state index contributed by atoms with van der Waals surface area (Å²) in [5, 5.41) is 2.65. The van der Waals surface area contributed by atoms with Gasteiger partial charge in [-0.1, -0.05) is 29.8 Å². The van der Waals surface area contributed by atoms with Gasteiger partial charge in [0, 0.05) is 30.2 Å². The molecule has 1 atom stereocenters. The van der Waals surface area contributed by atoms with Crippen LogP contribution in [0.15, 0.2) is 42.6 Å². The van der Waals surface area contributed by atoms with E-state index in [-0.39, 0.29) is 40.1 Å². The number of primary amides is 1. The molecule has 3 aromatic rings. The van der Waals surface area contributed by atoms with E-state index in [2.05, 4.69) is 5.32 Å². The lowest BCUT2D eigenvalue weighted by Crippen LogP contribution is -2.46. The number of hydrogen-bond acceptors (Lipinski definition) is 4. The van der Waals surface area contributed by atoms with E-state index in [1.165, 1.54) is 46.0 Å². The van der Waals surface area contributed by atoms with Crippen molar-refractivity contribution in [1.29, 1.82) is 0 Å². The smallest absolute Gasteiger partial charge is 0.356 e. The number of rotatable bonds is 7. The zero-order chi connectivity index (χ0) is 26.2. The van der Waals surface area contributed by atoms with Crippen molar-refractivity contribution in [3.8, 4) is 0 Å². The molecule has 13 heteroatoms. The maximum Gasteiger partial charge on any atom is 0.356 e. The van der Waals surface area contributed by atoms with Gasteiger partial charge in [0.2, 0.25) is 11.8 Å². The average Bonchev–Trinajstić information content (AvgIpc) is 3.44. The summed E-state index contributed by atoms with van der Waals surface area (Å²) in [7, 11) is -4.59. The summed E-state index contributed by atoms with van der Waals surface area (Å²) in [6, 6.07) is 7.47. The fourth-order valence-electron chi connectivity index (χ4n) is 4.35. The van der Waals surface area contributed by atoms with E-state index in [0.29, 0.717) is 24.8 Å². The van der Waals surface area contributed by atoms with E-state index in [4.69, 9.17) is 17.3 Å². The van der Waals surface area contributed by atoms with Crippen molar-refractivity contribution in [3.05, 3.63) is 64.6 Å². The Kier molecular flexibility index (Phi) is 7.19. The Balaban J connectivity index is 1.54. The predicted molar refractivity (Wildman–Crippen MR) is 130 cm³/mol. The van der Waals surface area contributed by atoms with Crippen LogP contribution in [0, 0.1) is 5.82 Å². The van der Waals surface area contributed by atoms with Crippen LogP contribution in [0.4, 0.5) is 4.39 Å². The number of aromatic nitrogens is 1. The third-order valence-corrected chi connectivity index (χ3v) is 7.38. The van der Waals surface area contributed by atoms with Crippen LogP contribution < -0.4 is 16.4 Å². The second kappa shape index (κ2) is 10.0. The first-order valence-electron chi connectivity index (χ1n) is 11.0. The second-order valence-electron chi connectivity index (χ2n) is 8.46. The number of amides is 3. The molecule has 1 aliphatic heterocycles. The number of hydrogen-bond donors (Lipinski definition) is 4. The molecule has 0 radical (unpaired) electrons. The van der Waals surface area contributed by atoms with E-state index in [0.717, 1.165) is 0 Å². The van der Waals surface area contributed by atoms with Gasteiger partial charge >= 0.3 is 7.60 Å². The molecule has 0 saturated carbocycles. The van der Waals surface area contributed by atoms with Gasteiger partial charge in [0.1, 0.15) is 18.4 Å². The van der Waals surface area contributed by atoms with Crippen LogP contribution in [0.5, 0.6) is 0 Å². The quantitative estimate of drug-likeness (QED) is 0.337. The largest absolute Gasteiger partial charge is 0.366 e. The van der Waals surface area contributed by atoms with Crippen LogP contribution >= 0.6 is 19.2 Å². The number of fused-ring (bicyclic) bond motifs is 1. The number of carbonyl (C=O) groups excluding carboxylic acids is 3. The van der Waals surface area contributed by atoms with Gasteiger partial charge in [0.05, 0.1) is 21.4 Å². The van der Waals surface area contributed by atoms with E-state index >= 15 is 0 Å². The van der Waals surface area contributed by atoms with Crippen LogP contribution in [-0.2, 0) is 27.2 Å². The Hall–Kier alpha value is -3.24. The Bertz CT molecular complexity index is 1420. The molecule has 3 amide bonds. The van der Waals surface area contributed by atoms with Crippen molar-refractivity contribution in [3.63, 3.8) is 0 Å². The van der Waals surface area contributed by atoms with Crippen molar-refractivity contribution < 1.29 is 33.1 Å². The molecule has 1 aliphatic rings. The van der Waals surface area contributed by atoms with Gasteiger partial charge in [0.15, 0.2) is 0 Å². The summed E-state index contributed by atoms with van der Waals surface area (Å²) in [4.78, 5) is 58.4. The Morgan fingerprint density at radius 1 is 1.22 bits per heavy atom. The first kappa shape index (κ1) is 25.8. The van der Waals surface area contributed by atoms with Gasteiger partial charge in [-0.3, -0.25) is 18.9 Å². The summed E-state index contributed by atoms with van der Waals surface area (Å²) in [5.74, 6) is -2.27. The van der Waals surface area contributed by atoms with Crippen molar-refractivity contribution >= 4 is 53.1 Å². The highest BCUT2D eigenvalue weighted by molar-refractivity contribution is 7.60. The fraction of sp³-hybridized carbons (Fsp3) is 0.261.